The number of nitrogens with zero attached hydrogens (tertiary/aromatic N) is 2. The smallest absolute Gasteiger partial charge is 0.247 e. The number of phenolic OH excluding ortho intramolecular Hbond substituents is 1. The van der Waals surface area contributed by atoms with E-state index in [9.17, 15) is 9.90 Å². The van der Waals surface area contributed by atoms with Crippen LogP contribution < -0.4 is 15.1 Å². The third-order valence-electron chi connectivity index (χ3n) is 5.49. The van der Waals surface area contributed by atoms with E-state index in [1.165, 1.54) is 6.21 Å². The maximum absolute atomic E-state index is 12.6. The van der Waals surface area contributed by atoms with Crippen molar-refractivity contribution in [2.75, 3.05) is 25.1 Å². The number of hydrogen-bond donors (Lipinski definition) is 2. The van der Waals surface area contributed by atoms with Gasteiger partial charge in [-0.15, -0.1) is 0 Å². The molecule has 0 saturated heterocycles. The van der Waals surface area contributed by atoms with Crippen LogP contribution in [0.1, 0.15) is 37.8 Å². The van der Waals surface area contributed by atoms with Crippen molar-refractivity contribution in [2.45, 2.75) is 26.7 Å². The monoisotopic (exact) mass is 419 g/mol. The number of carbonyl (C=O) groups is 1. The molecule has 0 saturated carbocycles. The molecule has 3 aromatic carbocycles. The second-order valence-electron chi connectivity index (χ2n) is 7.34. The van der Waals surface area contributed by atoms with Crippen LogP contribution in [0.3, 0.4) is 0 Å². The fraction of sp³-hybridized carbons (Fsp3) is 0.280. The number of phenols is 1. The molecule has 3 aromatic rings. The second kappa shape index (κ2) is 9.98. The molecule has 6 heteroatoms. The lowest BCUT2D eigenvalue weighted by Gasteiger charge is -2.21. The summed E-state index contributed by atoms with van der Waals surface area (Å²) < 4.78 is 5.26. The van der Waals surface area contributed by atoms with Crippen molar-refractivity contribution in [2.24, 2.45) is 5.10 Å². The Hall–Kier alpha value is -3.54. The molecule has 3 rings (SSSR count). The fourth-order valence-electron chi connectivity index (χ4n) is 3.48. The Morgan fingerprint density at radius 2 is 1.81 bits per heavy atom. The van der Waals surface area contributed by atoms with Crippen LogP contribution in [0.25, 0.3) is 10.8 Å². The van der Waals surface area contributed by atoms with Crippen molar-refractivity contribution in [3.8, 4) is 11.5 Å². The number of aromatic hydroxyl groups is 1. The number of carbonyl (C=O) groups excluding carboxylic acids is 1. The SMILES string of the molecule is CCN(CC)c1ccc(/C=N/NC(=O)C(C)c2ccc3cc(OC)ccc3c2)c(O)c1. The van der Waals surface area contributed by atoms with Crippen LogP contribution in [0.5, 0.6) is 11.5 Å². The molecule has 0 spiro atoms. The van der Waals surface area contributed by atoms with Crippen molar-refractivity contribution in [3.63, 3.8) is 0 Å². The summed E-state index contributed by atoms with van der Waals surface area (Å²) in [6.45, 7) is 7.70. The minimum atomic E-state index is -0.373. The average Bonchev–Trinajstić information content (AvgIpc) is 2.79. The lowest BCUT2D eigenvalue weighted by molar-refractivity contribution is -0.122. The van der Waals surface area contributed by atoms with Crippen molar-refractivity contribution < 1.29 is 14.6 Å². The summed E-state index contributed by atoms with van der Waals surface area (Å²) in [6.07, 6.45) is 1.46. The van der Waals surface area contributed by atoms with Gasteiger partial charge < -0.3 is 14.7 Å². The molecule has 0 aliphatic rings. The minimum Gasteiger partial charge on any atom is -0.507 e. The summed E-state index contributed by atoms with van der Waals surface area (Å²) in [5.41, 5.74) is 4.97. The van der Waals surface area contributed by atoms with E-state index in [0.29, 0.717) is 5.56 Å². The predicted molar refractivity (Wildman–Crippen MR) is 126 cm³/mol. The molecule has 0 aliphatic heterocycles. The first-order chi connectivity index (χ1) is 15.0. The zero-order valence-electron chi connectivity index (χ0n) is 18.4. The number of rotatable bonds is 8. The van der Waals surface area contributed by atoms with Gasteiger partial charge in [-0.2, -0.15) is 5.10 Å². The molecule has 0 aromatic heterocycles. The number of amides is 1. The summed E-state index contributed by atoms with van der Waals surface area (Å²) >= 11 is 0. The number of fused-ring (bicyclic) bond motifs is 1. The van der Waals surface area contributed by atoms with Gasteiger partial charge in [-0.1, -0.05) is 24.3 Å². The number of ether oxygens (including phenoxy) is 1. The van der Waals surface area contributed by atoms with Gasteiger partial charge in [0.2, 0.25) is 5.91 Å². The minimum absolute atomic E-state index is 0.125. The normalized spacial score (nSPS) is 12.1. The Labute approximate surface area is 183 Å². The van der Waals surface area contributed by atoms with Gasteiger partial charge in [0.15, 0.2) is 0 Å². The molecule has 1 amide bonds. The molecular weight excluding hydrogens is 390 g/mol. The summed E-state index contributed by atoms with van der Waals surface area (Å²) in [4.78, 5) is 14.7. The molecule has 2 N–H and O–H groups in total. The molecule has 0 heterocycles. The van der Waals surface area contributed by atoms with E-state index >= 15 is 0 Å². The molecule has 6 nitrogen and oxygen atoms in total. The highest BCUT2D eigenvalue weighted by Crippen LogP contribution is 2.26. The number of nitrogens with one attached hydrogen (secondary N) is 1. The van der Waals surface area contributed by atoms with Gasteiger partial charge >= 0.3 is 0 Å². The maximum atomic E-state index is 12.6. The van der Waals surface area contributed by atoms with Gasteiger partial charge in [0.05, 0.1) is 19.2 Å². The van der Waals surface area contributed by atoms with Crippen molar-refractivity contribution in [3.05, 3.63) is 65.7 Å². The summed E-state index contributed by atoms with van der Waals surface area (Å²) in [5.74, 6) is 0.333. The lowest BCUT2D eigenvalue weighted by Crippen LogP contribution is -2.23. The topological polar surface area (TPSA) is 74.2 Å². The lowest BCUT2D eigenvalue weighted by atomic mass is 9.97. The van der Waals surface area contributed by atoms with Crippen LogP contribution in [0.15, 0.2) is 59.7 Å². The molecule has 0 radical (unpaired) electrons. The Bertz CT molecular complexity index is 1090. The molecule has 1 unspecified atom stereocenters. The Morgan fingerprint density at radius 1 is 1.10 bits per heavy atom. The average molecular weight is 420 g/mol. The molecule has 0 bridgehead atoms. The largest absolute Gasteiger partial charge is 0.507 e. The van der Waals surface area contributed by atoms with E-state index in [4.69, 9.17) is 4.74 Å². The molecule has 1 atom stereocenters. The van der Waals surface area contributed by atoms with Crippen molar-refractivity contribution in [1.29, 1.82) is 0 Å². The van der Waals surface area contributed by atoms with Gasteiger partial charge in [-0.25, -0.2) is 5.43 Å². The highest BCUT2D eigenvalue weighted by molar-refractivity contribution is 5.90. The number of hydrazone groups is 1. The van der Waals surface area contributed by atoms with Gasteiger partial charge in [-0.05, 0) is 61.4 Å². The van der Waals surface area contributed by atoms with E-state index in [1.807, 2.05) is 49.4 Å². The predicted octanol–water partition coefficient (Wildman–Crippen LogP) is 4.65. The van der Waals surface area contributed by atoms with E-state index in [1.54, 1.807) is 19.2 Å². The molecular formula is C25H29N3O3. The molecule has 0 fully saturated rings. The summed E-state index contributed by atoms with van der Waals surface area (Å²) in [5, 5.41) is 16.4. The summed E-state index contributed by atoms with van der Waals surface area (Å²) in [6, 6.07) is 17.2. The number of benzene rings is 3. The van der Waals surface area contributed by atoms with Crippen LogP contribution in [0.2, 0.25) is 0 Å². The zero-order valence-corrected chi connectivity index (χ0v) is 18.4. The second-order valence-corrected chi connectivity index (χ2v) is 7.34. The van der Waals surface area contributed by atoms with E-state index in [0.717, 1.165) is 40.9 Å². The Balaban J connectivity index is 1.67. The third-order valence-corrected chi connectivity index (χ3v) is 5.49. The van der Waals surface area contributed by atoms with Crippen LogP contribution in [-0.2, 0) is 4.79 Å². The van der Waals surface area contributed by atoms with Crippen molar-refractivity contribution >= 4 is 28.6 Å². The number of hydrogen-bond acceptors (Lipinski definition) is 5. The van der Waals surface area contributed by atoms with Crippen LogP contribution >= 0.6 is 0 Å². The maximum Gasteiger partial charge on any atom is 0.247 e. The fourth-order valence-corrected chi connectivity index (χ4v) is 3.48. The van der Waals surface area contributed by atoms with Gasteiger partial charge in [0.25, 0.3) is 0 Å². The van der Waals surface area contributed by atoms with Gasteiger partial charge in [-0.3, -0.25) is 4.79 Å². The highest BCUT2D eigenvalue weighted by Gasteiger charge is 2.15. The van der Waals surface area contributed by atoms with Crippen LogP contribution in [0, 0.1) is 0 Å². The zero-order chi connectivity index (χ0) is 22.4. The standard InChI is InChI=1S/C25H29N3O3/c1-5-28(6-2)22-11-9-21(24(29)15-22)16-26-27-25(30)17(3)18-7-8-20-14-23(31-4)12-10-19(20)13-18/h7-17,29H,5-6H2,1-4H3,(H,27,30)/b26-16+. The Kier molecular flexibility index (Phi) is 7.13. The van der Waals surface area contributed by atoms with Crippen LogP contribution in [-0.4, -0.2) is 37.4 Å². The highest BCUT2D eigenvalue weighted by atomic mass is 16.5. The Morgan fingerprint density at radius 3 is 2.48 bits per heavy atom. The summed E-state index contributed by atoms with van der Waals surface area (Å²) in [7, 11) is 1.64. The third kappa shape index (κ3) is 5.15. The first-order valence-corrected chi connectivity index (χ1v) is 10.4. The van der Waals surface area contributed by atoms with Crippen molar-refractivity contribution in [1.82, 2.24) is 5.43 Å². The van der Waals surface area contributed by atoms with Gasteiger partial charge in [0, 0.05) is 30.4 Å². The quantitative estimate of drug-likeness (QED) is 0.412. The van der Waals surface area contributed by atoms with E-state index in [2.05, 4.69) is 29.3 Å². The van der Waals surface area contributed by atoms with Gasteiger partial charge in [0.1, 0.15) is 11.5 Å². The van der Waals surface area contributed by atoms with Crippen LogP contribution in [0.4, 0.5) is 5.69 Å². The number of anilines is 1. The first-order valence-electron chi connectivity index (χ1n) is 10.4. The molecule has 162 valence electrons. The molecule has 31 heavy (non-hydrogen) atoms. The van der Waals surface area contributed by atoms with E-state index in [-0.39, 0.29) is 17.6 Å². The molecule has 0 aliphatic carbocycles. The number of methoxy groups -OCH3 is 1. The first kappa shape index (κ1) is 22.2. The van der Waals surface area contributed by atoms with E-state index < -0.39 is 0 Å².